The molecule has 1 N–H and O–H groups in total. The standard InChI is InChI=1S/C13H21BN2/c1-4-15-11(2)7-8-16(3)13-6-5-12(9-13)10-14/h4,7-8,12-13,15H,1-2,5-6,9-10H2,3H3/b8-7-. The molecule has 1 aliphatic rings. The summed E-state index contributed by atoms with van der Waals surface area (Å²) in [5.41, 5.74) is 0.857. The SMILES string of the molecule is [B]CC1CCC(N(C)/C=C\C(=C)NC=C)C1. The number of allylic oxidation sites excluding steroid dienone is 1. The van der Waals surface area contributed by atoms with E-state index in [4.69, 9.17) is 7.85 Å². The minimum absolute atomic E-state index is 0.626. The van der Waals surface area contributed by atoms with E-state index in [1.54, 1.807) is 6.20 Å². The second-order valence-electron chi connectivity index (χ2n) is 4.42. The molecular formula is C13H21BN2. The van der Waals surface area contributed by atoms with Gasteiger partial charge in [-0.25, -0.2) is 0 Å². The quantitative estimate of drug-likeness (QED) is 0.541. The van der Waals surface area contributed by atoms with Crippen molar-refractivity contribution in [1.82, 2.24) is 10.2 Å². The Kier molecular flexibility index (Phi) is 5.23. The summed E-state index contributed by atoms with van der Waals surface area (Å²) in [6.45, 7) is 7.45. The van der Waals surface area contributed by atoms with Gasteiger partial charge in [-0.2, -0.15) is 0 Å². The third-order valence-corrected chi connectivity index (χ3v) is 3.22. The van der Waals surface area contributed by atoms with E-state index < -0.39 is 0 Å². The molecule has 1 fully saturated rings. The monoisotopic (exact) mass is 216 g/mol. The number of hydrogen-bond acceptors (Lipinski definition) is 2. The van der Waals surface area contributed by atoms with Crippen LogP contribution >= 0.6 is 0 Å². The van der Waals surface area contributed by atoms with Gasteiger partial charge >= 0.3 is 0 Å². The van der Waals surface area contributed by atoms with Crippen molar-refractivity contribution in [3.05, 3.63) is 37.3 Å². The first-order valence-electron chi connectivity index (χ1n) is 5.84. The Bertz CT molecular complexity index is 273. The molecule has 1 saturated carbocycles. The zero-order valence-electron chi connectivity index (χ0n) is 10.2. The van der Waals surface area contributed by atoms with Gasteiger partial charge < -0.3 is 10.2 Å². The third kappa shape index (κ3) is 3.80. The number of rotatable bonds is 6. The van der Waals surface area contributed by atoms with Gasteiger partial charge in [0, 0.05) is 25.0 Å². The predicted molar refractivity (Wildman–Crippen MR) is 71.1 cm³/mol. The molecule has 16 heavy (non-hydrogen) atoms. The molecular weight excluding hydrogens is 195 g/mol. The highest BCUT2D eigenvalue weighted by atomic mass is 15.1. The fraction of sp³-hybridized carbons (Fsp3) is 0.538. The Labute approximate surface area is 101 Å². The lowest BCUT2D eigenvalue weighted by molar-refractivity contribution is 0.327. The molecule has 0 aromatic heterocycles. The van der Waals surface area contributed by atoms with Crippen LogP contribution in [0.4, 0.5) is 0 Å². The van der Waals surface area contributed by atoms with Crippen molar-refractivity contribution in [3.63, 3.8) is 0 Å². The van der Waals surface area contributed by atoms with E-state index in [2.05, 4.69) is 36.6 Å². The van der Waals surface area contributed by atoms with E-state index in [9.17, 15) is 0 Å². The maximum Gasteiger partial charge on any atom is 0.0656 e. The van der Waals surface area contributed by atoms with Crippen LogP contribution < -0.4 is 5.32 Å². The van der Waals surface area contributed by atoms with Crippen LogP contribution in [0.2, 0.25) is 6.32 Å². The van der Waals surface area contributed by atoms with E-state index >= 15 is 0 Å². The molecule has 0 aliphatic heterocycles. The Morgan fingerprint density at radius 3 is 2.88 bits per heavy atom. The molecule has 0 amide bonds. The number of nitrogens with zero attached hydrogens (tertiary/aromatic N) is 1. The lowest BCUT2D eigenvalue weighted by Gasteiger charge is -2.22. The summed E-state index contributed by atoms with van der Waals surface area (Å²) >= 11 is 0. The average Bonchev–Trinajstić information content (AvgIpc) is 2.75. The molecule has 0 aromatic carbocycles. The van der Waals surface area contributed by atoms with Crippen LogP contribution in [0.25, 0.3) is 0 Å². The Morgan fingerprint density at radius 2 is 2.31 bits per heavy atom. The zero-order valence-corrected chi connectivity index (χ0v) is 10.2. The van der Waals surface area contributed by atoms with Crippen molar-refractivity contribution in [3.8, 4) is 0 Å². The molecule has 2 radical (unpaired) electrons. The summed E-state index contributed by atoms with van der Waals surface area (Å²) in [5, 5.41) is 2.95. The highest BCUT2D eigenvalue weighted by molar-refractivity contribution is 6.08. The van der Waals surface area contributed by atoms with Crippen molar-refractivity contribution in [2.75, 3.05) is 7.05 Å². The summed E-state index contributed by atoms with van der Waals surface area (Å²) in [5.74, 6) is 0.704. The Hall–Kier alpha value is -1.12. The van der Waals surface area contributed by atoms with E-state index in [0.29, 0.717) is 12.0 Å². The first-order valence-corrected chi connectivity index (χ1v) is 5.84. The van der Waals surface area contributed by atoms with Crippen molar-refractivity contribution >= 4 is 7.85 Å². The molecule has 0 heterocycles. The lowest BCUT2D eigenvalue weighted by atomic mass is 9.90. The van der Waals surface area contributed by atoms with Crippen molar-refractivity contribution < 1.29 is 0 Å². The van der Waals surface area contributed by atoms with E-state index in [0.717, 1.165) is 12.0 Å². The van der Waals surface area contributed by atoms with E-state index in [-0.39, 0.29) is 0 Å². The molecule has 2 unspecified atom stereocenters. The molecule has 2 atom stereocenters. The van der Waals surface area contributed by atoms with E-state index in [1.165, 1.54) is 19.3 Å². The van der Waals surface area contributed by atoms with Crippen LogP contribution in [0, 0.1) is 5.92 Å². The maximum absolute atomic E-state index is 5.69. The van der Waals surface area contributed by atoms with Gasteiger partial charge in [0.25, 0.3) is 0 Å². The van der Waals surface area contributed by atoms with Gasteiger partial charge in [0.05, 0.1) is 7.85 Å². The fourth-order valence-corrected chi connectivity index (χ4v) is 2.14. The summed E-state index contributed by atoms with van der Waals surface area (Å²) in [6.07, 6.45) is 10.2. The lowest BCUT2D eigenvalue weighted by Crippen LogP contribution is -2.24. The molecule has 3 heteroatoms. The van der Waals surface area contributed by atoms with Gasteiger partial charge in [-0.1, -0.05) is 19.5 Å². The molecule has 0 saturated heterocycles. The summed E-state index contributed by atoms with van der Waals surface area (Å²) < 4.78 is 0. The largest absolute Gasteiger partial charge is 0.377 e. The van der Waals surface area contributed by atoms with Crippen LogP contribution in [0.1, 0.15) is 19.3 Å². The van der Waals surface area contributed by atoms with Crippen LogP contribution in [0.15, 0.2) is 37.3 Å². The van der Waals surface area contributed by atoms with Gasteiger partial charge in [0.15, 0.2) is 0 Å². The normalized spacial score (nSPS) is 24.6. The smallest absolute Gasteiger partial charge is 0.0656 e. The molecule has 2 nitrogen and oxygen atoms in total. The number of nitrogens with one attached hydrogen (secondary N) is 1. The van der Waals surface area contributed by atoms with Gasteiger partial charge in [-0.05, 0) is 37.5 Å². The average molecular weight is 216 g/mol. The summed E-state index contributed by atoms with van der Waals surface area (Å²) in [4.78, 5) is 2.26. The van der Waals surface area contributed by atoms with Crippen LogP contribution in [0.3, 0.4) is 0 Å². The highest BCUT2D eigenvalue weighted by Gasteiger charge is 2.24. The Morgan fingerprint density at radius 1 is 1.56 bits per heavy atom. The topological polar surface area (TPSA) is 15.3 Å². The minimum Gasteiger partial charge on any atom is -0.377 e. The molecule has 1 aliphatic carbocycles. The Balaban J connectivity index is 2.37. The first-order chi connectivity index (χ1) is 7.67. The molecule has 0 spiro atoms. The van der Waals surface area contributed by atoms with Crippen molar-refractivity contribution in [1.29, 1.82) is 0 Å². The highest BCUT2D eigenvalue weighted by Crippen LogP contribution is 2.30. The van der Waals surface area contributed by atoms with Crippen molar-refractivity contribution in [2.45, 2.75) is 31.6 Å². The van der Waals surface area contributed by atoms with Gasteiger partial charge in [0.2, 0.25) is 0 Å². The van der Waals surface area contributed by atoms with E-state index in [1.807, 2.05) is 6.08 Å². The van der Waals surface area contributed by atoms with Gasteiger partial charge in [0.1, 0.15) is 0 Å². The van der Waals surface area contributed by atoms with Gasteiger partial charge in [-0.3, -0.25) is 0 Å². The predicted octanol–water partition coefficient (Wildman–Crippen LogP) is 2.43. The molecule has 1 rings (SSSR count). The maximum atomic E-state index is 5.69. The van der Waals surface area contributed by atoms with Crippen LogP contribution in [0.5, 0.6) is 0 Å². The third-order valence-electron chi connectivity index (χ3n) is 3.22. The van der Waals surface area contributed by atoms with Crippen LogP contribution in [-0.2, 0) is 0 Å². The summed E-state index contributed by atoms with van der Waals surface area (Å²) in [6, 6.07) is 0.626. The van der Waals surface area contributed by atoms with Crippen molar-refractivity contribution in [2.24, 2.45) is 5.92 Å². The number of hydrogen-bond donors (Lipinski definition) is 1. The second-order valence-corrected chi connectivity index (χ2v) is 4.42. The fourth-order valence-electron chi connectivity index (χ4n) is 2.14. The molecule has 0 bridgehead atoms. The zero-order chi connectivity index (χ0) is 12.0. The van der Waals surface area contributed by atoms with Crippen LogP contribution in [-0.4, -0.2) is 25.8 Å². The minimum atomic E-state index is 0.626. The summed E-state index contributed by atoms with van der Waals surface area (Å²) in [7, 11) is 7.80. The van der Waals surface area contributed by atoms with Gasteiger partial charge in [-0.15, -0.1) is 0 Å². The molecule has 86 valence electrons. The first kappa shape index (κ1) is 13.0. The second kappa shape index (κ2) is 6.46. The molecule has 0 aromatic rings.